The highest BCUT2D eigenvalue weighted by Crippen LogP contribution is 2.19. The van der Waals surface area contributed by atoms with Crippen molar-refractivity contribution in [2.24, 2.45) is 0 Å². The fourth-order valence-corrected chi connectivity index (χ4v) is 2.65. The van der Waals surface area contributed by atoms with Crippen molar-refractivity contribution < 1.29 is 18.0 Å². The third-order valence-corrected chi connectivity index (χ3v) is 3.92. The van der Waals surface area contributed by atoms with E-state index in [2.05, 4.69) is 0 Å². The van der Waals surface area contributed by atoms with E-state index in [4.69, 9.17) is 0 Å². The Bertz CT molecular complexity index is 710. The predicted molar refractivity (Wildman–Crippen MR) is 80.9 cm³/mol. The minimum Gasteiger partial charge on any atom is -0.368 e. The van der Waals surface area contributed by atoms with Gasteiger partial charge in [0.2, 0.25) is 0 Å². The highest BCUT2D eigenvalue weighted by atomic mass is 19.1. The van der Waals surface area contributed by atoms with Gasteiger partial charge in [0.05, 0.1) is 5.56 Å². The molecule has 1 aliphatic rings. The van der Waals surface area contributed by atoms with Crippen molar-refractivity contribution in [3.05, 3.63) is 65.5 Å². The maximum Gasteiger partial charge on any atom is 0.257 e. The van der Waals surface area contributed by atoms with Crippen LogP contribution >= 0.6 is 0 Å². The summed E-state index contributed by atoms with van der Waals surface area (Å²) < 4.78 is 39.9. The van der Waals surface area contributed by atoms with Gasteiger partial charge in [-0.1, -0.05) is 0 Å². The van der Waals surface area contributed by atoms with Gasteiger partial charge in [-0.05, 0) is 42.5 Å². The summed E-state index contributed by atoms with van der Waals surface area (Å²) in [5, 5.41) is 0. The molecule has 0 saturated carbocycles. The van der Waals surface area contributed by atoms with E-state index in [0.717, 1.165) is 23.9 Å². The first kappa shape index (κ1) is 15.4. The Hall–Kier alpha value is -2.50. The minimum atomic E-state index is -0.725. The van der Waals surface area contributed by atoms with Gasteiger partial charge in [-0.15, -0.1) is 0 Å². The number of carbonyl (C=O) groups excluding carboxylic acids is 1. The molecule has 1 fully saturated rings. The molecule has 0 aromatic heterocycles. The van der Waals surface area contributed by atoms with Crippen LogP contribution in [0.4, 0.5) is 18.9 Å². The van der Waals surface area contributed by atoms with Crippen molar-refractivity contribution in [2.45, 2.75) is 0 Å². The molecular formula is C17H15F3N2O. The molecule has 2 aromatic rings. The molecule has 120 valence electrons. The van der Waals surface area contributed by atoms with Gasteiger partial charge >= 0.3 is 0 Å². The summed E-state index contributed by atoms with van der Waals surface area (Å²) in [6, 6.07) is 8.99. The van der Waals surface area contributed by atoms with E-state index in [9.17, 15) is 18.0 Å². The number of piperazine rings is 1. The Kier molecular flexibility index (Phi) is 4.23. The zero-order chi connectivity index (χ0) is 16.4. The molecule has 1 saturated heterocycles. The van der Waals surface area contributed by atoms with Crippen molar-refractivity contribution in [1.29, 1.82) is 0 Å². The maximum atomic E-state index is 13.7. The van der Waals surface area contributed by atoms with Crippen LogP contribution in [0.5, 0.6) is 0 Å². The van der Waals surface area contributed by atoms with E-state index in [0.29, 0.717) is 26.2 Å². The fourth-order valence-electron chi connectivity index (χ4n) is 2.65. The minimum absolute atomic E-state index is 0.250. The molecule has 1 heterocycles. The SMILES string of the molecule is O=C(c1cc(F)ccc1F)N1CCN(c2ccc(F)cc2)CC1. The number of benzene rings is 2. The van der Waals surface area contributed by atoms with Crippen LogP contribution in [0.15, 0.2) is 42.5 Å². The Morgan fingerprint density at radius 3 is 2.09 bits per heavy atom. The van der Waals surface area contributed by atoms with Crippen LogP contribution < -0.4 is 4.90 Å². The first-order valence-electron chi connectivity index (χ1n) is 7.29. The van der Waals surface area contributed by atoms with Gasteiger partial charge in [-0.2, -0.15) is 0 Å². The van der Waals surface area contributed by atoms with E-state index in [-0.39, 0.29) is 11.4 Å². The normalized spacial score (nSPS) is 14.9. The molecule has 0 radical (unpaired) electrons. The molecule has 0 unspecified atom stereocenters. The summed E-state index contributed by atoms with van der Waals surface area (Å²) in [6.07, 6.45) is 0. The van der Waals surface area contributed by atoms with Crippen LogP contribution in [0.1, 0.15) is 10.4 Å². The number of anilines is 1. The van der Waals surface area contributed by atoms with Crippen molar-refractivity contribution in [3.63, 3.8) is 0 Å². The number of nitrogens with zero attached hydrogens (tertiary/aromatic N) is 2. The molecule has 3 nitrogen and oxygen atoms in total. The predicted octanol–water partition coefficient (Wildman–Crippen LogP) is 3.07. The first-order valence-corrected chi connectivity index (χ1v) is 7.29. The largest absolute Gasteiger partial charge is 0.368 e. The number of carbonyl (C=O) groups is 1. The Balaban J connectivity index is 1.67. The first-order chi connectivity index (χ1) is 11.0. The highest BCUT2D eigenvalue weighted by molar-refractivity contribution is 5.94. The average molecular weight is 320 g/mol. The molecule has 2 aromatic carbocycles. The number of hydrogen-bond donors (Lipinski definition) is 0. The Labute approximate surface area is 131 Å². The topological polar surface area (TPSA) is 23.6 Å². The zero-order valence-corrected chi connectivity index (χ0v) is 12.3. The maximum absolute atomic E-state index is 13.7. The second kappa shape index (κ2) is 6.32. The molecule has 1 amide bonds. The molecular weight excluding hydrogens is 305 g/mol. The molecule has 3 rings (SSSR count). The van der Waals surface area contributed by atoms with E-state index < -0.39 is 17.5 Å². The number of rotatable bonds is 2. The van der Waals surface area contributed by atoms with Gasteiger partial charge in [0.15, 0.2) is 0 Å². The van der Waals surface area contributed by atoms with Crippen LogP contribution in [0.25, 0.3) is 0 Å². The lowest BCUT2D eigenvalue weighted by atomic mass is 10.1. The van der Waals surface area contributed by atoms with Crippen LogP contribution in [0, 0.1) is 17.5 Å². The summed E-state index contributed by atoms with van der Waals surface area (Å²) in [5.74, 6) is -2.18. The lowest BCUT2D eigenvalue weighted by molar-refractivity contribution is 0.0741. The van der Waals surface area contributed by atoms with E-state index in [1.807, 2.05) is 4.90 Å². The third kappa shape index (κ3) is 3.31. The Morgan fingerprint density at radius 2 is 1.43 bits per heavy atom. The van der Waals surface area contributed by atoms with Crippen LogP contribution in [-0.4, -0.2) is 37.0 Å². The molecule has 0 atom stereocenters. The molecule has 0 bridgehead atoms. The Morgan fingerprint density at radius 1 is 0.826 bits per heavy atom. The lowest BCUT2D eigenvalue weighted by Crippen LogP contribution is -2.49. The lowest BCUT2D eigenvalue weighted by Gasteiger charge is -2.36. The van der Waals surface area contributed by atoms with Crippen LogP contribution in [-0.2, 0) is 0 Å². The van der Waals surface area contributed by atoms with E-state index in [1.54, 1.807) is 12.1 Å². The summed E-state index contributed by atoms with van der Waals surface area (Å²) in [4.78, 5) is 15.8. The quantitative estimate of drug-likeness (QED) is 0.849. The molecule has 0 N–H and O–H groups in total. The van der Waals surface area contributed by atoms with Crippen molar-refractivity contribution in [1.82, 2.24) is 4.90 Å². The zero-order valence-electron chi connectivity index (χ0n) is 12.3. The van der Waals surface area contributed by atoms with Gasteiger partial charge < -0.3 is 9.80 Å². The number of amides is 1. The standard InChI is InChI=1S/C17H15F3N2O/c18-12-1-4-14(5-2-12)21-7-9-22(10-8-21)17(23)15-11-13(19)3-6-16(15)20/h1-6,11H,7-10H2. The summed E-state index contributed by atoms with van der Waals surface area (Å²) in [7, 11) is 0. The summed E-state index contributed by atoms with van der Waals surface area (Å²) >= 11 is 0. The van der Waals surface area contributed by atoms with Gasteiger partial charge in [0.25, 0.3) is 5.91 Å². The van der Waals surface area contributed by atoms with E-state index in [1.165, 1.54) is 17.0 Å². The van der Waals surface area contributed by atoms with Gasteiger partial charge in [0, 0.05) is 31.9 Å². The third-order valence-electron chi connectivity index (χ3n) is 3.92. The van der Waals surface area contributed by atoms with Gasteiger partial charge in [-0.25, -0.2) is 13.2 Å². The monoisotopic (exact) mass is 320 g/mol. The van der Waals surface area contributed by atoms with Crippen molar-refractivity contribution in [2.75, 3.05) is 31.1 Å². The smallest absolute Gasteiger partial charge is 0.257 e. The number of halogens is 3. The van der Waals surface area contributed by atoms with Crippen molar-refractivity contribution >= 4 is 11.6 Å². The highest BCUT2D eigenvalue weighted by Gasteiger charge is 2.24. The molecule has 0 spiro atoms. The van der Waals surface area contributed by atoms with Crippen molar-refractivity contribution in [3.8, 4) is 0 Å². The number of hydrogen-bond acceptors (Lipinski definition) is 2. The van der Waals surface area contributed by atoms with Gasteiger partial charge in [0.1, 0.15) is 17.5 Å². The molecule has 6 heteroatoms. The second-order valence-corrected chi connectivity index (χ2v) is 5.38. The summed E-state index contributed by atoms with van der Waals surface area (Å²) in [6.45, 7) is 1.89. The molecule has 23 heavy (non-hydrogen) atoms. The molecule has 0 aliphatic carbocycles. The summed E-state index contributed by atoms with van der Waals surface area (Å²) in [5.41, 5.74) is 0.621. The van der Waals surface area contributed by atoms with Crippen LogP contribution in [0.2, 0.25) is 0 Å². The van der Waals surface area contributed by atoms with Gasteiger partial charge in [-0.3, -0.25) is 4.79 Å². The fraction of sp³-hybridized carbons (Fsp3) is 0.235. The molecule has 1 aliphatic heterocycles. The second-order valence-electron chi connectivity index (χ2n) is 5.38. The van der Waals surface area contributed by atoms with Crippen LogP contribution in [0.3, 0.4) is 0 Å². The average Bonchev–Trinajstić information content (AvgIpc) is 2.57. The van der Waals surface area contributed by atoms with E-state index >= 15 is 0 Å².